The zero-order valence-corrected chi connectivity index (χ0v) is 11.1. The molecule has 0 bridgehead atoms. The van der Waals surface area contributed by atoms with E-state index in [-0.39, 0.29) is 0 Å². The van der Waals surface area contributed by atoms with Crippen LogP contribution in [0.5, 0.6) is 0 Å². The molecule has 0 atom stereocenters. The molecule has 0 spiro atoms. The fourth-order valence-corrected chi connectivity index (χ4v) is 3.23. The summed E-state index contributed by atoms with van der Waals surface area (Å²) >= 11 is 0. The maximum Gasteiger partial charge on any atom is 0.0120 e. The van der Waals surface area contributed by atoms with Gasteiger partial charge in [-0.25, -0.2) is 0 Å². The molecule has 0 saturated carbocycles. The first-order chi connectivity index (χ1) is 7.77. The zero-order valence-electron chi connectivity index (χ0n) is 11.1. The van der Waals surface area contributed by atoms with E-state index in [1.54, 1.807) is 0 Å². The van der Waals surface area contributed by atoms with Crippen molar-refractivity contribution in [2.75, 3.05) is 26.2 Å². The Kier molecular flexibility index (Phi) is 4.66. The summed E-state index contributed by atoms with van der Waals surface area (Å²) in [4.78, 5) is 5.42. The van der Waals surface area contributed by atoms with Crippen molar-refractivity contribution in [1.29, 1.82) is 0 Å². The Hall–Kier alpha value is -0.0800. The third-order valence-corrected chi connectivity index (χ3v) is 4.39. The van der Waals surface area contributed by atoms with Crippen molar-refractivity contribution in [3.05, 3.63) is 0 Å². The normalized spacial score (nSPS) is 27.2. The van der Waals surface area contributed by atoms with Crippen molar-refractivity contribution in [1.82, 2.24) is 9.80 Å². The number of rotatable bonds is 2. The van der Waals surface area contributed by atoms with Gasteiger partial charge in [-0.2, -0.15) is 0 Å². The van der Waals surface area contributed by atoms with Gasteiger partial charge in [0.15, 0.2) is 0 Å². The Bertz CT molecular complexity index is 187. The fourth-order valence-electron chi connectivity index (χ4n) is 3.23. The minimum Gasteiger partial charge on any atom is -0.301 e. The third-order valence-electron chi connectivity index (χ3n) is 4.39. The molecule has 0 aromatic rings. The van der Waals surface area contributed by atoms with Crippen molar-refractivity contribution < 1.29 is 0 Å². The second-order valence-electron chi connectivity index (χ2n) is 5.81. The van der Waals surface area contributed by atoms with Crippen LogP contribution in [0, 0.1) is 0 Å². The van der Waals surface area contributed by atoms with Crippen LogP contribution < -0.4 is 0 Å². The molecular weight excluding hydrogens is 196 g/mol. The Labute approximate surface area is 101 Å². The predicted molar refractivity (Wildman–Crippen MR) is 69.8 cm³/mol. The molecule has 2 aliphatic heterocycles. The Morgan fingerprint density at radius 2 is 1.38 bits per heavy atom. The van der Waals surface area contributed by atoms with Gasteiger partial charge in [0.25, 0.3) is 0 Å². The van der Waals surface area contributed by atoms with E-state index < -0.39 is 0 Å². The Morgan fingerprint density at radius 1 is 0.812 bits per heavy atom. The van der Waals surface area contributed by atoms with Crippen LogP contribution in [0.1, 0.15) is 52.4 Å². The summed E-state index contributed by atoms with van der Waals surface area (Å²) in [7, 11) is 0. The van der Waals surface area contributed by atoms with E-state index in [2.05, 4.69) is 23.6 Å². The number of hydrogen-bond donors (Lipinski definition) is 0. The molecule has 2 rings (SSSR count). The van der Waals surface area contributed by atoms with E-state index in [9.17, 15) is 0 Å². The van der Waals surface area contributed by atoms with Crippen molar-refractivity contribution in [2.45, 2.75) is 64.5 Å². The number of piperidine rings is 1. The predicted octanol–water partition coefficient (Wildman–Crippen LogP) is 2.74. The van der Waals surface area contributed by atoms with E-state index in [1.807, 2.05) is 0 Å². The van der Waals surface area contributed by atoms with E-state index in [1.165, 1.54) is 64.7 Å². The molecule has 94 valence electrons. The van der Waals surface area contributed by atoms with Crippen LogP contribution >= 0.6 is 0 Å². The van der Waals surface area contributed by atoms with Crippen LogP contribution in [-0.4, -0.2) is 48.1 Å². The smallest absolute Gasteiger partial charge is 0.0120 e. The molecule has 2 heterocycles. The van der Waals surface area contributed by atoms with E-state index in [0.717, 1.165) is 12.1 Å². The highest BCUT2D eigenvalue weighted by atomic mass is 15.2. The van der Waals surface area contributed by atoms with Crippen LogP contribution in [0.2, 0.25) is 0 Å². The molecule has 0 unspecified atom stereocenters. The molecule has 0 aliphatic carbocycles. The molecule has 2 heteroatoms. The van der Waals surface area contributed by atoms with E-state index >= 15 is 0 Å². The first kappa shape index (κ1) is 12.4. The van der Waals surface area contributed by atoms with E-state index in [0.29, 0.717) is 0 Å². The summed E-state index contributed by atoms with van der Waals surface area (Å²) in [6.45, 7) is 10.0. The summed E-state index contributed by atoms with van der Waals surface area (Å²) in [5, 5.41) is 0. The average molecular weight is 224 g/mol. The molecule has 16 heavy (non-hydrogen) atoms. The molecule has 0 amide bonds. The maximum atomic E-state index is 2.78. The van der Waals surface area contributed by atoms with Crippen LogP contribution in [0.3, 0.4) is 0 Å². The summed E-state index contributed by atoms with van der Waals surface area (Å²) in [5.41, 5.74) is 0. The lowest BCUT2D eigenvalue weighted by Crippen LogP contribution is -2.47. The number of nitrogens with zero attached hydrogens (tertiary/aromatic N) is 2. The van der Waals surface area contributed by atoms with Gasteiger partial charge in [-0.3, -0.25) is 0 Å². The lowest BCUT2D eigenvalue weighted by atomic mass is 10.0. The van der Waals surface area contributed by atoms with Crippen molar-refractivity contribution in [3.8, 4) is 0 Å². The Balaban J connectivity index is 1.78. The number of hydrogen-bond acceptors (Lipinski definition) is 2. The van der Waals surface area contributed by atoms with Gasteiger partial charge in [-0.15, -0.1) is 0 Å². The third kappa shape index (κ3) is 3.21. The SMILES string of the molecule is CC(C)N1CCC(N2CCCCCC2)CC1. The maximum absolute atomic E-state index is 2.78. The van der Waals surface area contributed by atoms with E-state index in [4.69, 9.17) is 0 Å². The molecular formula is C14H28N2. The van der Waals surface area contributed by atoms with Gasteiger partial charge in [0.1, 0.15) is 0 Å². The molecule has 0 aromatic carbocycles. The van der Waals surface area contributed by atoms with Crippen molar-refractivity contribution >= 4 is 0 Å². The van der Waals surface area contributed by atoms with Gasteiger partial charge in [-0.1, -0.05) is 12.8 Å². The summed E-state index contributed by atoms with van der Waals surface area (Å²) in [6, 6.07) is 1.64. The first-order valence-corrected chi connectivity index (χ1v) is 7.25. The quantitative estimate of drug-likeness (QED) is 0.711. The van der Waals surface area contributed by atoms with Gasteiger partial charge in [0.2, 0.25) is 0 Å². The monoisotopic (exact) mass is 224 g/mol. The molecule has 0 aromatic heterocycles. The first-order valence-electron chi connectivity index (χ1n) is 7.25. The van der Waals surface area contributed by atoms with Crippen LogP contribution in [0.15, 0.2) is 0 Å². The minimum absolute atomic E-state index is 0.741. The van der Waals surface area contributed by atoms with Gasteiger partial charge >= 0.3 is 0 Å². The standard InChI is InChI=1S/C14H28N2/c1-13(2)15-11-7-14(8-12-15)16-9-5-3-4-6-10-16/h13-14H,3-12H2,1-2H3. The summed E-state index contributed by atoms with van der Waals surface area (Å²) in [6.07, 6.45) is 8.59. The second-order valence-corrected chi connectivity index (χ2v) is 5.81. The fraction of sp³-hybridized carbons (Fsp3) is 1.00. The molecule has 2 aliphatic rings. The Morgan fingerprint density at radius 3 is 1.88 bits per heavy atom. The second kappa shape index (κ2) is 6.02. The molecule has 0 N–H and O–H groups in total. The topological polar surface area (TPSA) is 6.48 Å². The number of likely N-dealkylation sites (tertiary alicyclic amines) is 2. The van der Waals surface area contributed by atoms with Gasteiger partial charge in [-0.05, 0) is 65.7 Å². The van der Waals surface area contributed by atoms with Gasteiger partial charge < -0.3 is 9.80 Å². The van der Waals surface area contributed by atoms with Crippen molar-refractivity contribution in [2.24, 2.45) is 0 Å². The van der Waals surface area contributed by atoms with Gasteiger partial charge in [0.05, 0.1) is 0 Å². The molecule has 0 radical (unpaired) electrons. The summed E-state index contributed by atoms with van der Waals surface area (Å²) in [5.74, 6) is 0. The lowest BCUT2D eigenvalue weighted by molar-refractivity contribution is 0.0943. The average Bonchev–Trinajstić information content (AvgIpc) is 2.57. The van der Waals surface area contributed by atoms with Gasteiger partial charge in [0, 0.05) is 12.1 Å². The van der Waals surface area contributed by atoms with Crippen LogP contribution in [-0.2, 0) is 0 Å². The van der Waals surface area contributed by atoms with Crippen LogP contribution in [0.4, 0.5) is 0 Å². The lowest BCUT2D eigenvalue weighted by Gasteiger charge is -2.39. The highest BCUT2D eigenvalue weighted by molar-refractivity contribution is 4.81. The molecule has 2 fully saturated rings. The highest BCUT2D eigenvalue weighted by Crippen LogP contribution is 2.21. The molecule has 2 nitrogen and oxygen atoms in total. The minimum atomic E-state index is 0.741. The largest absolute Gasteiger partial charge is 0.301 e. The highest BCUT2D eigenvalue weighted by Gasteiger charge is 2.25. The van der Waals surface area contributed by atoms with Crippen molar-refractivity contribution in [3.63, 3.8) is 0 Å². The molecule has 2 saturated heterocycles. The zero-order chi connectivity index (χ0) is 11.4. The van der Waals surface area contributed by atoms with Crippen LogP contribution in [0.25, 0.3) is 0 Å². The summed E-state index contributed by atoms with van der Waals surface area (Å²) < 4.78 is 0.